The molecule has 130 valence electrons. The maximum Gasteiger partial charge on any atom is 0.335 e. The van der Waals surface area contributed by atoms with Gasteiger partial charge in [-0.1, -0.05) is 24.3 Å². The molecular formula is C17H13N5O4. The third-order valence-electron chi connectivity index (χ3n) is 4.36. The summed E-state index contributed by atoms with van der Waals surface area (Å²) in [5.41, 5.74) is 3.20. The number of hydrogen-bond donors (Lipinski definition) is 1. The zero-order valence-electron chi connectivity index (χ0n) is 13.9. The van der Waals surface area contributed by atoms with Crippen LogP contribution in [0.3, 0.4) is 0 Å². The van der Waals surface area contributed by atoms with Crippen molar-refractivity contribution in [1.82, 2.24) is 14.8 Å². The lowest BCUT2D eigenvalue weighted by atomic mass is 9.95. The molecule has 0 atom stereocenters. The predicted octanol–water partition coefficient (Wildman–Crippen LogP) is 2.41. The fourth-order valence-electron chi connectivity index (χ4n) is 3.23. The van der Waals surface area contributed by atoms with E-state index in [0.717, 1.165) is 10.4 Å². The van der Waals surface area contributed by atoms with Gasteiger partial charge in [-0.3, -0.25) is 25.1 Å². The highest BCUT2D eigenvalue weighted by Crippen LogP contribution is 2.32. The molecular weight excluding hydrogens is 338 g/mol. The van der Waals surface area contributed by atoms with E-state index in [-0.39, 0.29) is 17.2 Å². The number of nitrogens with one attached hydrogen (secondary N) is 1. The predicted molar refractivity (Wildman–Crippen MR) is 92.7 cm³/mol. The van der Waals surface area contributed by atoms with Gasteiger partial charge in [-0.25, -0.2) is 4.68 Å². The van der Waals surface area contributed by atoms with E-state index in [4.69, 9.17) is 0 Å². The van der Waals surface area contributed by atoms with E-state index in [2.05, 4.69) is 10.5 Å². The van der Waals surface area contributed by atoms with Gasteiger partial charge in [-0.15, -0.1) is 0 Å². The van der Waals surface area contributed by atoms with Gasteiger partial charge < -0.3 is 0 Å². The fraction of sp³-hybridized carbons (Fsp3) is 0.118. The number of hydrazine groups is 1. The maximum atomic E-state index is 12.9. The third-order valence-corrected chi connectivity index (χ3v) is 4.36. The van der Waals surface area contributed by atoms with Gasteiger partial charge >= 0.3 is 5.69 Å². The average molecular weight is 351 g/mol. The zero-order valence-corrected chi connectivity index (χ0v) is 13.9. The monoisotopic (exact) mass is 351 g/mol. The highest BCUT2D eigenvalue weighted by molar-refractivity contribution is 6.25. The number of imide groups is 1. The summed E-state index contributed by atoms with van der Waals surface area (Å²) in [4.78, 5) is 36.5. The molecule has 0 spiro atoms. The number of nitro groups is 1. The molecule has 4 rings (SSSR count). The van der Waals surface area contributed by atoms with E-state index < -0.39 is 16.7 Å². The smallest absolute Gasteiger partial charge is 0.267 e. The van der Waals surface area contributed by atoms with E-state index in [9.17, 15) is 19.7 Å². The normalized spacial score (nSPS) is 13.4. The molecule has 3 aromatic rings. The second-order valence-corrected chi connectivity index (χ2v) is 5.93. The Kier molecular flexibility index (Phi) is 3.26. The molecule has 0 unspecified atom stereocenters. The number of hydrogen-bond acceptors (Lipinski definition) is 6. The minimum absolute atomic E-state index is 0.0410. The number of anilines is 1. The minimum atomic E-state index is -0.599. The minimum Gasteiger partial charge on any atom is -0.267 e. The number of benzene rings is 2. The molecule has 1 N–H and O–H groups in total. The lowest BCUT2D eigenvalue weighted by Gasteiger charge is -2.27. The van der Waals surface area contributed by atoms with Crippen molar-refractivity contribution in [2.24, 2.45) is 7.05 Å². The number of amides is 2. The SMILES string of the molecule is Cc1nn(C)c(NN2C(=O)c3cccc4cccc(c34)C2=O)c1[N+](=O)[O-]. The van der Waals surface area contributed by atoms with Crippen LogP contribution in [0.1, 0.15) is 26.4 Å². The van der Waals surface area contributed by atoms with E-state index in [1.54, 1.807) is 24.3 Å². The van der Waals surface area contributed by atoms with Crippen LogP contribution in [0.15, 0.2) is 36.4 Å². The van der Waals surface area contributed by atoms with Crippen LogP contribution in [0.2, 0.25) is 0 Å². The van der Waals surface area contributed by atoms with E-state index in [1.165, 1.54) is 18.7 Å². The quantitative estimate of drug-likeness (QED) is 0.441. The third kappa shape index (κ3) is 2.07. The number of aryl methyl sites for hydroxylation is 2. The molecule has 1 aliphatic rings. The van der Waals surface area contributed by atoms with Gasteiger partial charge in [0.15, 0.2) is 0 Å². The van der Waals surface area contributed by atoms with Crippen molar-refractivity contribution in [2.45, 2.75) is 6.92 Å². The van der Waals surface area contributed by atoms with Crippen molar-refractivity contribution in [2.75, 3.05) is 5.43 Å². The van der Waals surface area contributed by atoms with Gasteiger partial charge in [0.1, 0.15) is 5.69 Å². The van der Waals surface area contributed by atoms with Gasteiger partial charge in [0, 0.05) is 12.4 Å². The van der Waals surface area contributed by atoms with Crippen molar-refractivity contribution in [3.05, 3.63) is 63.3 Å². The highest BCUT2D eigenvalue weighted by atomic mass is 16.6. The largest absolute Gasteiger partial charge is 0.335 e. The molecule has 1 aromatic heterocycles. The van der Waals surface area contributed by atoms with Crippen molar-refractivity contribution in [1.29, 1.82) is 0 Å². The topological polar surface area (TPSA) is 110 Å². The summed E-state index contributed by atoms with van der Waals surface area (Å²) < 4.78 is 1.23. The van der Waals surface area contributed by atoms with Crippen LogP contribution >= 0.6 is 0 Å². The summed E-state index contributed by atoms with van der Waals surface area (Å²) in [5, 5.41) is 17.5. The molecule has 0 saturated carbocycles. The Hall–Kier alpha value is -3.75. The van der Waals surface area contributed by atoms with Crippen LogP contribution in [-0.4, -0.2) is 31.5 Å². The molecule has 0 aliphatic carbocycles. The fourth-order valence-corrected chi connectivity index (χ4v) is 3.23. The van der Waals surface area contributed by atoms with Crippen LogP contribution < -0.4 is 5.43 Å². The van der Waals surface area contributed by atoms with E-state index >= 15 is 0 Å². The molecule has 0 radical (unpaired) electrons. The molecule has 2 amide bonds. The van der Waals surface area contributed by atoms with Crippen molar-refractivity contribution >= 4 is 34.1 Å². The summed E-state index contributed by atoms with van der Waals surface area (Å²) in [5.74, 6) is -1.19. The second-order valence-electron chi connectivity index (χ2n) is 5.93. The maximum absolute atomic E-state index is 12.9. The molecule has 9 heteroatoms. The molecule has 1 aliphatic heterocycles. The molecule has 0 fully saturated rings. The van der Waals surface area contributed by atoms with E-state index in [1.807, 2.05) is 12.1 Å². The summed E-state index contributed by atoms with van der Waals surface area (Å²) in [7, 11) is 1.50. The first-order chi connectivity index (χ1) is 12.4. The summed E-state index contributed by atoms with van der Waals surface area (Å²) in [6, 6.07) is 10.3. The first-order valence-corrected chi connectivity index (χ1v) is 7.75. The summed E-state index contributed by atoms with van der Waals surface area (Å²) >= 11 is 0. The Morgan fingerprint density at radius 2 is 1.65 bits per heavy atom. The van der Waals surface area contributed by atoms with Gasteiger partial charge in [0.25, 0.3) is 11.8 Å². The molecule has 2 aromatic carbocycles. The first kappa shape index (κ1) is 15.8. The number of nitrogens with zero attached hydrogens (tertiary/aromatic N) is 4. The van der Waals surface area contributed by atoms with Crippen LogP contribution in [-0.2, 0) is 7.05 Å². The lowest BCUT2D eigenvalue weighted by Crippen LogP contribution is -2.44. The molecule has 0 saturated heterocycles. The van der Waals surface area contributed by atoms with Crippen molar-refractivity contribution < 1.29 is 14.5 Å². The molecule has 2 heterocycles. The second kappa shape index (κ2) is 5.38. The van der Waals surface area contributed by atoms with Gasteiger partial charge in [-0.05, 0) is 24.4 Å². The Balaban J connectivity index is 1.85. The van der Waals surface area contributed by atoms with Gasteiger partial charge in [0.2, 0.25) is 5.82 Å². The van der Waals surface area contributed by atoms with E-state index in [0.29, 0.717) is 16.5 Å². The number of rotatable bonds is 3. The number of carbonyl (C=O) groups is 2. The number of aromatic nitrogens is 2. The van der Waals surface area contributed by atoms with Crippen molar-refractivity contribution in [3.8, 4) is 0 Å². The molecule has 9 nitrogen and oxygen atoms in total. The Labute approximate surface area is 146 Å². The van der Waals surface area contributed by atoms with Crippen LogP contribution in [0.4, 0.5) is 11.5 Å². The highest BCUT2D eigenvalue weighted by Gasteiger charge is 2.36. The van der Waals surface area contributed by atoms with Gasteiger partial charge in [0.05, 0.1) is 16.1 Å². The standard InChI is InChI=1S/C17H13N5O4/c1-9-14(22(25)26)15(20(2)18-9)19-21-16(23)11-7-3-5-10-6-4-8-12(13(10)11)17(21)24/h3-8,19H,1-2H3. The molecule has 26 heavy (non-hydrogen) atoms. The summed E-state index contributed by atoms with van der Waals surface area (Å²) in [6.45, 7) is 1.49. The van der Waals surface area contributed by atoms with Gasteiger partial charge in [-0.2, -0.15) is 10.1 Å². The molecule has 0 bridgehead atoms. The Bertz CT molecular complexity index is 1070. The zero-order chi connectivity index (χ0) is 18.6. The summed E-state index contributed by atoms with van der Waals surface area (Å²) in [6.07, 6.45) is 0. The van der Waals surface area contributed by atoms with Crippen LogP contribution in [0, 0.1) is 17.0 Å². The number of carbonyl (C=O) groups excluding carboxylic acids is 2. The first-order valence-electron chi connectivity index (χ1n) is 7.75. The average Bonchev–Trinajstić information content (AvgIpc) is 2.89. The Morgan fingerprint density at radius 1 is 1.08 bits per heavy atom. The van der Waals surface area contributed by atoms with Crippen LogP contribution in [0.5, 0.6) is 0 Å². The van der Waals surface area contributed by atoms with Crippen LogP contribution in [0.25, 0.3) is 10.8 Å². The lowest BCUT2D eigenvalue weighted by molar-refractivity contribution is -0.384. The van der Waals surface area contributed by atoms with Crippen molar-refractivity contribution in [3.63, 3.8) is 0 Å². The Morgan fingerprint density at radius 3 is 2.19 bits per heavy atom.